The molecule has 0 spiro atoms. The first kappa shape index (κ1) is 32.1. The highest BCUT2D eigenvalue weighted by molar-refractivity contribution is 8.01. The molecule has 3 heterocycles. The zero-order valence-electron chi connectivity index (χ0n) is 25.1. The number of carbonyl (C=O) groups excluding carboxylic acids is 4. The maximum absolute atomic E-state index is 13.5. The zero-order valence-corrected chi connectivity index (χ0v) is 28.3. The van der Waals surface area contributed by atoms with E-state index in [4.69, 9.17) is 23.8 Å². The van der Waals surface area contributed by atoms with Gasteiger partial charge in [-0.05, 0) is 85.6 Å². The van der Waals surface area contributed by atoms with Crippen molar-refractivity contribution in [3.8, 4) is 0 Å². The number of nitrogens with one attached hydrogen (secondary N) is 1. The highest BCUT2D eigenvalue weighted by Gasteiger charge is 2.48. The van der Waals surface area contributed by atoms with Gasteiger partial charge in [0, 0.05) is 11.1 Å². The number of amides is 4. The van der Waals surface area contributed by atoms with Crippen LogP contribution < -0.4 is 15.1 Å². The molecular formula is C33H24ClN5O6S3. The minimum absolute atomic E-state index is 0.112. The number of hydrogen-bond acceptors (Lipinski definition) is 10. The summed E-state index contributed by atoms with van der Waals surface area (Å²) < 4.78 is 1.25. The van der Waals surface area contributed by atoms with Crippen LogP contribution in [-0.4, -0.2) is 38.6 Å². The lowest BCUT2D eigenvalue weighted by Gasteiger charge is -2.29. The molecule has 4 amide bonds. The third-order valence-corrected chi connectivity index (χ3v) is 11.5. The molecule has 3 fully saturated rings. The first-order valence-corrected chi connectivity index (χ1v) is 17.3. The Balaban J connectivity index is 1.15. The Hall–Kier alpha value is -4.50. The minimum Gasteiger partial charge on any atom is -0.298 e. The molecule has 2 saturated heterocycles. The first-order chi connectivity index (χ1) is 23.0. The molecule has 48 heavy (non-hydrogen) atoms. The molecule has 3 aliphatic rings. The van der Waals surface area contributed by atoms with Crippen LogP contribution in [0.4, 0.5) is 17.1 Å². The van der Waals surface area contributed by atoms with E-state index in [0.29, 0.717) is 31.1 Å². The van der Waals surface area contributed by atoms with E-state index in [1.54, 1.807) is 42.5 Å². The van der Waals surface area contributed by atoms with E-state index in [2.05, 4.69) is 10.3 Å². The molecule has 1 aromatic heterocycles. The van der Waals surface area contributed by atoms with Crippen molar-refractivity contribution in [1.29, 1.82) is 0 Å². The van der Waals surface area contributed by atoms with Crippen LogP contribution in [0, 0.1) is 28.9 Å². The van der Waals surface area contributed by atoms with Crippen molar-refractivity contribution in [2.45, 2.75) is 41.8 Å². The van der Waals surface area contributed by atoms with Crippen molar-refractivity contribution in [2.75, 3.05) is 9.80 Å². The van der Waals surface area contributed by atoms with Crippen molar-refractivity contribution in [3.05, 3.63) is 86.4 Å². The number of nitrogens with zero attached hydrogens (tertiary/aromatic N) is 4. The monoisotopic (exact) mass is 717 g/mol. The fourth-order valence-corrected chi connectivity index (χ4v) is 8.82. The average Bonchev–Trinajstić information content (AvgIpc) is 3.57. The number of hydrogen-bond donors (Lipinski definition) is 1. The molecule has 15 heteroatoms. The van der Waals surface area contributed by atoms with Gasteiger partial charge in [0.1, 0.15) is 5.57 Å². The predicted octanol–water partition coefficient (Wildman–Crippen LogP) is 6.83. The molecule has 1 saturated carbocycles. The highest BCUT2D eigenvalue weighted by Crippen LogP contribution is 2.43. The van der Waals surface area contributed by atoms with E-state index in [1.165, 1.54) is 34.4 Å². The Morgan fingerprint density at radius 1 is 1.00 bits per heavy atom. The normalized spacial score (nSPS) is 20.5. The summed E-state index contributed by atoms with van der Waals surface area (Å²) in [6.45, 7) is 1.81. The first-order valence-electron chi connectivity index (χ1n) is 14.9. The van der Waals surface area contributed by atoms with Crippen molar-refractivity contribution in [1.82, 2.24) is 10.3 Å². The minimum atomic E-state index is -0.731. The number of nitro groups is 1. The number of aryl methyl sites for hydroxylation is 1. The largest absolute Gasteiger partial charge is 0.298 e. The molecule has 7 rings (SSSR count). The Labute approximate surface area is 292 Å². The Morgan fingerprint density at radius 2 is 1.69 bits per heavy atom. The van der Waals surface area contributed by atoms with Gasteiger partial charge in [-0.3, -0.25) is 44.4 Å². The quantitative estimate of drug-likeness (QED) is 0.0567. The van der Waals surface area contributed by atoms with Crippen molar-refractivity contribution in [3.63, 3.8) is 0 Å². The van der Waals surface area contributed by atoms with Gasteiger partial charge in [-0.15, -0.1) is 11.3 Å². The third-order valence-electron chi connectivity index (χ3n) is 8.65. The fraction of sp³-hybridized carbons (Fsp3) is 0.212. The maximum atomic E-state index is 13.5. The summed E-state index contributed by atoms with van der Waals surface area (Å²) in [4.78, 5) is 71.5. The van der Waals surface area contributed by atoms with Crippen LogP contribution in [0.2, 0.25) is 5.02 Å². The number of benzene rings is 3. The van der Waals surface area contributed by atoms with Gasteiger partial charge < -0.3 is 0 Å². The number of imide groups is 1. The lowest BCUT2D eigenvalue weighted by atomic mass is 9.81. The van der Waals surface area contributed by atoms with Gasteiger partial charge in [-0.1, -0.05) is 48.3 Å². The van der Waals surface area contributed by atoms with Crippen LogP contribution >= 0.6 is 46.9 Å². The molecule has 2 aliphatic heterocycles. The topological polar surface area (TPSA) is 143 Å². The Bertz CT molecular complexity index is 2120. The van der Waals surface area contributed by atoms with E-state index < -0.39 is 16.7 Å². The molecule has 0 radical (unpaired) electrons. The predicted molar refractivity (Wildman–Crippen MR) is 187 cm³/mol. The molecule has 4 aromatic rings. The number of thiazole rings is 1. The van der Waals surface area contributed by atoms with Crippen LogP contribution in [0.3, 0.4) is 0 Å². The summed E-state index contributed by atoms with van der Waals surface area (Å²) >= 11 is 13.9. The molecule has 242 valence electrons. The number of nitro benzene ring substituents is 1. The summed E-state index contributed by atoms with van der Waals surface area (Å²) in [5.41, 5.74) is 2.05. The van der Waals surface area contributed by atoms with Crippen LogP contribution in [0.15, 0.2) is 69.4 Å². The number of carbonyl (C=O) groups is 4. The van der Waals surface area contributed by atoms with Crippen molar-refractivity contribution >= 4 is 109 Å². The summed E-state index contributed by atoms with van der Waals surface area (Å²) in [6.07, 6.45) is 4.61. The van der Waals surface area contributed by atoms with E-state index in [9.17, 15) is 29.3 Å². The Morgan fingerprint density at radius 3 is 2.38 bits per heavy atom. The highest BCUT2D eigenvalue weighted by atomic mass is 35.5. The van der Waals surface area contributed by atoms with Gasteiger partial charge in [0.15, 0.2) is 9.45 Å². The number of fused-ring (bicyclic) bond motifs is 2. The van der Waals surface area contributed by atoms with E-state index in [1.807, 2.05) is 6.92 Å². The number of rotatable bonds is 6. The standard InChI is InChI=1S/C33H24ClN5O6S3/c1-16-6-8-18(14-23(16)34)38-31(43)22(28(40)36-32(38)46)12-17-7-11-26(25(13-17)39(44)45)47-33-35-24-10-9-19(15-27(24)48-33)37-29(41)20-4-2-3-5-21(20)30(37)42/h6-15,20-21H,2-5H2,1H3,(H,36,40,46)/b22-12+/t20-,21+. The molecule has 2 atom stereocenters. The summed E-state index contributed by atoms with van der Waals surface area (Å²) in [6, 6.07) is 14.5. The molecule has 1 aliphatic carbocycles. The Kier molecular flexibility index (Phi) is 8.36. The zero-order chi connectivity index (χ0) is 33.9. The summed E-state index contributed by atoms with van der Waals surface area (Å²) in [7, 11) is 0. The van der Waals surface area contributed by atoms with Gasteiger partial charge in [0.05, 0.1) is 43.2 Å². The van der Waals surface area contributed by atoms with Gasteiger partial charge in [-0.2, -0.15) is 0 Å². The van der Waals surface area contributed by atoms with E-state index >= 15 is 0 Å². The van der Waals surface area contributed by atoms with Crippen molar-refractivity contribution < 1.29 is 24.1 Å². The molecular weight excluding hydrogens is 694 g/mol. The molecule has 1 N–H and O–H groups in total. The number of aromatic nitrogens is 1. The van der Waals surface area contributed by atoms with E-state index in [0.717, 1.165) is 52.6 Å². The van der Waals surface area contributed by atoms with Gasteiger partial charge in [0.2, 0.25) is 11.8 Å². The lowest BCUT2D eigenvalue weighted by molar-refractivity contribution is -0.387. The van der Waals surface area contributed by atoms with Crippen LogP contribution in [0.5, 0.6) is 0 Å². The number of anilines is 2. The van der Waals surface area contributed by atoms with Crippen LogP contribution in [-0.2, 0) is 19.2 Å². The molecule has 11 nitrogen and oxygen atoms in total. The number of halogens is 1. The van der Waals surface area contributed by atoms with Gasteiger partial charge in [0.25, 0.3) is 17.5 Å². The van der Waals surface area contributed by atoms with Gasteiger partial charge in [-0.25, -0.2) is 4.98 Å². The van der Waals surface area contributed by atoms with Crippen LogP contribution in [0.1, 0.15) is 36.8 Å². The second-order valence-electron chi connectivity index (χ2n) is 11.6. The second kappa shape index (κ2) is 12.5. The smallest absolute Gasteiger partial charge is 0.283 e. The SMILES string of the molecule is Cc1ccc(N2C(=O)/C(=C/c3ccc(Sc4nc5ccc(N6C(=O)[C@H]7CCCC[C@H]7C6=O)cc5s4)c([N+](=O)[O-])c3)C(=O)NC2=S)cc1Cl. The molecule has 0 unspecified atom stereocenters. The summed E-state index contributed by atoms with van der Waals surface area (Å²) in [5.74, 6) is -2.27. The summed E-state index contributed by atoms with van der Waals surface area (Å²) in [5, 5.41) is 15.0. The maximum Gasteiger partial charge on any atom is 0.283 e. The van der Waals surface area contributed by atoms with Crippen LogP contribution in [0.25, 0.3) is 16.3 Å². The molecule has 0 bridgehead atoms. The van der Waals surface area contributed by atoms with Crippen molar-refractivity contribution in [2.24, 2.45) is 11.8 Å². The molecule has 3 aromatic carbocycles. The second-order valence-corrected chi connectivity index (χ2v) is 14.7. The fourth-order valence-electron chi connectivity index (χ4n) is 6.22. The van der Waals surface area contributed by atoms with Gasteiger partial charge >= 0.3 is 0 Å². The van der Waals surface area contributed by atoms with E-state index in [-0.39, 0.29) is 45.6 Å². The number of thiocarbonyl (C=S) groups is 1. The third kappa shape index (κ3) is 5.68. The lowest BCUT2D eigenvalue weighted by Crippen LogP contribution is -2.54. The average molecular weight is 718 g/mol.